The van der Waals surface area contributed by atoms with E-state index in [0.29, 0.717) is 5.56 Å². The van der Waals surface area contributed by atoms with Gasteiger partial charge in [0.25, 0.3) is 5.91 Å². The molecule has 15 heteroatoms. The van der Waals surface area contributed by atoms with E-state index >= 15 is 0 Å². The number of nitrogens with one attached hydrogen (secondary N) is 1. The van der Waals surface area contributed by atoms with Crippen molar-refractivity contribution >= 4 is 29.2 Å². The van der Waals surface area contributed by atoms with Crippen LogP contribution in [0.15, 0.2) is 42.7 Å². The number of amides is 4. The van der Waals surface area contributed by atoms with E-state index in [0.717, 1.165) is 23.1 Å². The Morgan fingerprint density at radius 1 is 1.05 bits per heavy atom. The predicted octanol–water partition coefficient (Wildman–Crippen LogP) is 4.94. The number of carbonyl (C=O) groups is 3. The summed E-state index contributed by atoms with van der Waals surface area (Å²) >= 11 is 0. The van der Waals surface area contributed by atoms with Crippen molar-refractivity contribution < 1.29 is 45.5 Å². The lowest BCUT2D eigenvalue weighted by atomic mass is 9.96. The highest BCUT2D eigenvalue weighted by atomic mass is 19.4. The van der Waals surface area contributed by atoms with Gasteiger partial charge in [-0.05, 0) is 75.7 Å². The van der Waals surface area contributed by atoms with Crippen LogP contribution in [0.25, 0.3) is 0 Å². The molecule has 222 valence electrons. The molecule has 0 atom stereocenters. The van der Waals surface area contributed by atoms with Gasteiger partial charge in [0.2, 0.25) is 5.91 Å². The highest BCUT2D eigenvalue weighted by Gasteiger charge is 2.52. The molecule has 0 unspecified atom stereocenters. The number of piperidine rings is 1. The summed E-state index contributed by atoms with van der Waals surface area (Å²) in [6.07, 6.45) is -6.83. The Hall–Kier alpha value is -3.88. The number of anilines is 2. The topological polar surface area (TPSA) is 95.1 Å². The molecular weight excluding hydrogens is 560 g/mol. The molecule has 2 aliphatic rings. The third-order valence-corrected chi connectivity index (χ3v) is 7.05. The Kier molecular flexibility index (Phi) is 8.21. The van der Waals surface area contributed by atoms with Gasteiger partial charge in [-0.2, -0.15) is 13.2 Å². The third kappa shape index (κ3) is 6.89. The first-order valence-corrected chi connectivity index (χ1v) is 12.6. The average molecular weight is 588 g/mol. The Labute approximate surface area is 231 Å². The summed E-state index contributed by atoms with van der Waals surface area (Å²) in [6.45, 7) is 2.68. The highest BCUT2D eigenvalue weighted by molar-refractivity contribution is 6.23. The fourth-order valence-corrected chi connectivity index (χ4v) is 4.78. The van der Waals surface area contributed by atoms with E-state index in [1.807, 2.05) is 0 Å². The number of likely N-dealkylation sites (tertiary alicyclic amines) is 1. The second kappa shape index (κ2) is 11.2. The van der Waals surface area contributed by atoms with Crippen molar-refractivity contribution in [2.75, 3.05) is 29.9 Å². The smallest absolute Gasteiger partial charge is 0.404 e. The Morgan fingerprint density at radius 3 is 2.27 bits per heavy atom. The zero-order chi connectivity index (χ0) is 30.2. The van der Waals surface area contributed by atoms with Crippen molar-refractivity contribution in [2.45, 2.75) is 51.3 Å². The number of rotatable bonds is 7. The average Bonchev–Trinajstić information content (AvgIpc) is 3.04. The van der Waals surface area contributed by atoms with Gasteiger partial charge in [-0.1, -0.05) is 0 Å². The van der Waals surface area contributed by atoms with Gasteiger partial charge in [0.05, 0.1) is 23.8 Å². The molecule has 0 aliphatic carbocycles. The van der Waals surface area contributed by atoms with Crippen molar-refractivity contribution in [3.8, 4) is 5.75 Å². The molecule has 9 nitrogen and oxygen atoms in total. The Bertz CT molecular complexity index is 1290. The molecule has 0 bridgehead atoms. The van der Waals surface area contributed by atoms with Gasteiger partial charge in [0.1, 0.15) is 5.54 Å². The Balaban J connectivity index is 1.55. The molecule has 1 N–H and O–H groups in total. The molecule has 1 aromatic carbocycles. The van der Waals surface area contributed by atoms with Gasteiger partial charge in [-0.3, -0.25) is 19.5 Å². The number of nitrogens with zero attached hydrogens (tertiary/aromatic N) is 4. The number of hydrogen-bond acceptors (Lipinski definition) is 6. The third-order valence-electron chi connectivity index (χ3n) is 7.05. The van der Waals surface area contributed by atoms with E-state index in [4.69, 9.17) is 0 Å². The lowest BCUT2D eigenvalue weighted by molar-refractivity contribution is -0.274. The van der Waals surface area contributed by atoms with Gasteiger partial charge in [-0.15, -0.1) is 13.2 Å². The van der Waals surface area contributed by atoms with E-state index in [1.165, 1.54) is 36.0 Å². The van der Waals surface area contributed by atoms with Crippen LogP contribution in [0.1, 0.15) is 32.3 Å². The molecule has 0 radical (unpaired) electrons. The van der Waals surface area contributed by atoms with Crippen LogP contribution in [0.3, 0.4) is 0 Å². The number of imide groups is 1. The molecule has 3 heterocycles. The van der Waals surface area contributed by atoms with Crippen LogP contribution in [0, 0.1) is 5.92 Å². The fourth-order valence-electron chi connectivity index (χ4n) is 4.78. The minimum Gasteiger partial charge on any atom is -0.404 e. The zero-order valence-electron chi connectivity index (χ0n) is 22.1. The first-order chi connectivity index (χ1) is 19.1. The summed E-state index contributed by atoms with van der Waals surface area (Å²) in [4.78, 5) is 46.9. The van der Waals surface area contributed by atoms with Crippen LogP contribution >= 0.6 is 0 Å². The molecule has 2 aliphatic heterocycles. The second-order valence-electron chi connectivity index (χ2n) is 10.3. The molecule has 0 saturated carbocycles. The summed E-state index contributed by atoms with van der Waals surface area (Å²) in [7, 11) is 0. The molecule has 41 heavy (non-hydrogen) atoms. The van der Waals surface area contributed by atoms with Crippen LogP contribution in [-0.2, 0) is 16.1 Å². The van der Waals surface area contributed by atoms with E-state index in [9.17, 15) is 40.7 Å². The molecule has 1 aromatic heterocycles. The quantitative estimate of drug-likeness (QED) is 0.365. The normalized spacial score (nSPS) is 18.6. The molecule has 2 saturated heterocycles. The summed E-state index contributed by atoms with van der Waals surface area (Å²) in [5.74, 6) is -3.73. The summed E-state index contributed by atoms with van der Waals surface area (Å²) in [6, 6.07) is 5.56. The lowest BCUT2D eigenvalue weighted by Gasteiger charge is -2.32. The van der Waals surface area contributed by atoms with Gasteiger partial charge < -0.3 is 15.0 Å². The predicted molar refractivity (Wildman–Crippen MR) is 134 cm³/mol. The SMILES string of the molecule is CC1(C)C(=O)N(c2ccc(OC(F)(F)F)c(NC(=O)CN3CCC(C(F)(F)F)CC3)c2)C(=O)N1Cc1ccncc1. The maximum absolute atomic E-state index is 13.4. The zero-order valence-corrected chi connectivity index (χ0v) is 22.1. The number of carbonyl (C=O) groups excluding carboxylic acids is 3. The van der Waals surface area contributed by atoms with E-state index in [1.54, 1.807) is 12.1 Å². The number of urea groups is 1. The molecular formula is C26H27F6N5O4. The molecule has 4 amide bonds. The standard InChI is InChI=1S/C26H27F6N5O4/c1-24(2)22(39)37(23(40)36(24)14-16-5-9-33-10-6-16)18-3-4-20(41-26(30,31)32)19(13-18)34-21(38)15-35-11-7-17(8-12-35)25(27,28)29/h3-6,9-10,13,17H,7-8,11-12,14-15H2,1-2H3,(H,34,38). The van der Waals surface area contributed by atoms with Crippen molar-refractivity contribution in [3.63, 3.8) is 0 Å². The van der Waals surface area contributed by atoms with Crippen LogP contribution in [0.2, 0.25) is 0 Å². The Morgan fingerprint density at radius 2 is 1.68 bits per heavy atom. The lowest BCUT2D eigenvalue weighted by Crippen LogP contribution is -2.43. The van der Waals surface area contributed by atoms with Crippen LogP contribution in [-0.4, -0.2) is 70.3 Å². The summed E-state index contributed by atoms with van der Waals surface area (Å²) < 4.78 is 82.1. The highest BCUT2D eigenvalue weighted by Crippen LogP contribution is 2.39. The number of pyridine rings is 1. The number of alkyl halides is 6. The number of hydrogen-bond donors (Lipinski definition) is 1. The maximum Gasteiger partial charge on any atom is 0.573 e. The number of benzene rings is 1. The monoisotopic (exact) mass is 587 g/mol. The summed E-state index contributed by atoms with van der Waals surface area (Å²) in [5.41, 5.74) is -1.20. The first kappa shape index (κ1) is 30.1. The molecule has 4 rings (SSSR count). The number of halogens is 6. The summed E-state index contributed by atoms with van der Waals surface area (Å²) in [5, 5.41) is 2.29. The van der Waals surface area contributed by atoms with Crippen molar-refractivity contribution in [1.29, 1.82) is 0 Å². The van der Waals surface area contributed by atoms with Crippen LogP contribution < -0.4 is 15.0 Å². The molecule has 2 aromatic rings. The van der Waals surface area contributed by atoms with E-state index in [-0.39, 0.29) is 44.7 Å². The first-order valence-electron chi connectivity index (χ1n) is 12.6. The van der Waals surface area contributed by atoms with Crippen molar-refractivity contribution in [3.05, 3.63) is 48.3 Å². The van der Waals surface area contributed by atoms with Gasteiger partial charge in [-0.25, -0.2) is 9.69 Å². The molecule has 0 spiro atoms. The van der Waals surface area contributed by atoms with E-state index < -0.39 is 53.3 Å². The van der Waals surface area contributed by atoms with E-state index in [2.05, 4.69) is 15.0 Å². The number of ether oxygens (including phenoxy) is 1. The van der Waals surface area contributed by atoms with Crippen molar-refractivity contribution in [2.24, 2.45) is 5.92 Å². The number of aromatic nitrogens is 1. The largest absolute Gasteiger partial charge is 0.573 e. The minimum absolute atomic E-state index is 0.0251. The minimum atomic E-state index is -5.12. The molecule has 2 fully saturated rings. The maximum atomic E-state index is 13.4. The van der Waals surface area contributed by atoms with Gasteiger partial charge >= 0.3 is 18.6 Å². The van der Waals surface area contributed by atoms with Crippen LogP contribution in [0.4, 0.5) is 42.5 Å². The second-order valence-corrected chi connectivity index (χ2v) is 10.3. The fraction of sp³-hybridized carbons (Fsp3) is 0.462. The van der Waals surface area contributed by atoms with Gasteiger partial charge in [0, 0.05) is 18.9 Å². The van der Waals surface area contributed by atoms with Crippen LogP contribution in [0.5, 0.6) is 5.75 Å². The van der Waals surface area contributed by atoms with Gasteiger partial charge in [0.15, 0.2) is 5.75 Å². The van der Waals surface area contributed by atoms with Crippen molar-refractivity contribution in [1.82, 2.24) is 14.8 Å².